The van der Waals surface area contributed by atoms with Gasteiger partial charge in [-0.2, -0.15) is 0 Å². The van der Waals surface area contributed by atoms with E-state index in [0.29, 0.717) is 5.56 Å². The van der Waals surface area contributed by atoms with Gasteiger partial charge in [0.15, 0.2) is 0 Å². The molecule has 0 amide bonds. The van der Waals surface area contributed by atoms with Gasteiger partial charge in [-0.1, -0.05) is 40.2 Å². The molecule has 0 saturated heterocycles. The Morgan fingerprint density at radius 3 is 2.53 bits per heavy atom. The van der Waals surface area contributed by atoms with Crippen LogP contribution in [0, 0.1) is 6.92 Å². The van der Waals surface area contributed by atoms with Crippen LogP contribution in [0.15, 0.2) is 46.9 Å². The summed E-state index contributed by atoms with van der Waals surface area (Å²) in [6.45, 7) is 2.01. The Kier molecular flexibility index (Phi) is 3.29. The summed E-state index contributed by atoms with van der Waals surface area (Å²) in [6, 6.07) is 12.9. The minimum Gasteiger partial charge on any atom is -0.478 e. The van der Waals surface area contributed by atoms with Crippen molar-refractivity contribution in [3.63, 3.8) is 0 Å². The molecule has 0 unspecified atom stereocenters. The van der Waals surface area contributed by atoms with E-state index in [1.54, 1.807) is 18.2 Å². The van der Waals surface area contributed by atoms with Crippen molar-refractivity contribution < 1.29 is 9.90 Å². The SMILES string of the molecule is Cc1cccc(Br)c1-c1cccc(C(=O)O)c1. The highest BCUT2D eigenvalue weighted by Gasteiger charge is 2.09. The lowest BCUT2D eigenvalue weighted by molar-refractivity contribution is 0.0697. The van der Waals surface area contributed by atoms with Gasteiger partial charge in [-0.25, -0.2) is 4.79 Å². The third-order valence-corrected chi connectivity index (χ3v) is 3.28. The van der Waals surface area contributed by atoms with Gasteiger partial charge in [0, 0.05) is 4.47 Å². The van der Waals surface area contributed by atoms with Gasteiger partial charge >= 0.3 is 5.97 Å². The van der Waals surface area contributed by atoms with Crippen molar-refractivity contribution in [1.82, 2.24) is 0 Å². The van der Waals surface area contributed by atoms with Crippen LogP contribution in [0.1, 0.15) is 15.9 Å². The maximum absolute atomic E-state index is 10.9. The minimum absolute atomic E-state index is 0.303. The Morgan fingerprint density at radius 1 is 1.18 bits per heavy atom. The topological polar surface area (TPSA) is 37.3 Å². The van der Waals surface area contributed by atoms with Gasteiger partial charge in [0.2, 0.25) is 0 Å². The predicted molar refractivity (Wildman–Crippen MR) is 71.3 cm³/mol. The fourth-order valence-electron chi connectivity index (χ4n) is 1.81. The monoisotopic (exact) mass is 290 g/mol. The maximum atomic E-state index is 10.9. The van der Waals surface area contributed by atoms with Crippen molar-refractivity contribution in [2.75, 3.05) is 0 Å². The molecule has 0 bridgehead atoms. The molecule has 2 aromatic rings. The second-order valence-corrected chi connectivity index (χ2v) is 4.67. The van der Waals surface area contributed by atoms with E-state index < -0.39 is 5.97 Å². The number of carboxylic acids is 1. The second-order valence-electron chi connectivity index (χ2n) is 3.82. The van der Waals surface area contributed by atoms with Crippen molar-refractivity contribution in [2.24, 2.45) is 0 Å². The normalized spacial score (nSPS) is 10.2. The molecule has 0 spiro atoms. The number of carboxylic acid groups (broad SMARTS) is 1. The van der Waals surface area contributed by atoms with Crippen LogP contribution < -0.4 is 0 Å². The van der Waals surface area contributed by atoms with Gasteiger partial charge in [0.25, 0.3) is 0 Å². The zero-order valence-corrected chi connectivity index (χ0v) is 10.9. The molecule has 0 aliphatic carbocycles. The van der Waals surface area contributed by atoms with Crippen LogP contribution in [0.5, 0.6) is 0 Å². The van der Waals surface area contributed by atoms with Crippen LogP contribution in [-0.2, 0) is 0 Å². The van der Waals surface area contributed by atoms with Gasteiger partial charge in [-0.15, -0.1) is 0 Å². The molecule has 0 aliphatic heterocycles. The average Bonchev–Trinajstić information content (AvgIpc) is 2.29. The second kappa shape index (κ2) is 4.72. The van der Waals surface area contributed by atoms with E-state index >= 15 is 0 Å². The lowest BCUT2D eigenvalue weighted by Crippen LogP contribution is -1.96. The van der Waals surface area contributed by atoms with Crippen molar-refractivity contribution >= 4 is 21.9 Å². The van der Waals surface area contributed by atoms with Gasteiger partial charge in [0.1, 0.15) is 0 Å². The van der Waals surface area contributed by atoms with Gasteiger partial charge in [0.05, 0.1) is 5.56 Å². The molecule has 0 heterocycles. The number of hydrogen-bond donors (Lipinski definition) is 1. The summed E-state index contributed by atoms with van der Waals surface area (Å²) in [6.07, 6.45) is 0. The van der Waals surface area contributed by atoms with Crippen molar-refractivity contribution in [1.29, 1.82) is 0 Å². The third kappa shape index (κ3) is 2.39. The summed E-state index contributed by atoms with van der Waals surface area (Å²) in [7, 11) is 0. The Morgan fingerprint density at radius 2 is 1.88 bits per heavy atom. The average molecular weight is 291 g/mol. The molecule has 0 fully saturated rings. The Balaban J connectivity index is 2.61. The Bertz CT molecular complexity index is 556. The first-order valence-electron chi connectivity index (χ1n) is 5.18. The smallest absolute Gasteiger partial charge is 0.335 e. The van der Waals surface area contributed by atoms with Crippen LogP contribution in [0.4, 0.5) is 0 Å². The zero-order valence-electron chi connectivity index (χ0n) is 9.27. The van der Waals surface area contributed by atoms with E-state index in [4.69, 9.17) is 5.11 Å². The molecule has 0 radical (unpaired) electrons. The summed E-state index contributed by atoms with van der Waals surface area (Å²) in [5, 5.41) is 8.98. The highest BCUT2D eigenvalue weighted by atomic mass is 79.9. The minimum atomic E-state index is -0.906. The van der Waals surface area contributed by atoms with Gasteiger partial charge in [-0.05, 0) is 41.8 Å². The molecule has 0 saturated carbocycles. The van der Waals surface area contributed by atoms with Crippen LogP contribution in [0.2, 0.25) is 0 Å². The van der Waals surface area contributed by atoms with Crippen LogP contribution >= 0.6 is 15.9 Å². The van der Waals surface area contributed by atoms with Gasteiger partial charge in [-0.3, -0.25) is 0 Å². The van der Waals surface area contributed by atoms with Crippen molar-refractivity contribution in [2.45, 2.75) is 6.92 Å². The maximum Gasteiger partial charge on any atom is 0.335 e. The highest BCUT2D eigenvalue weighted by molar-refractivity contribution is 9.10. The Hall–Kier alpha value is -1.61. The molecule has 86 valence electrons. The van der Waals surface area contributed by atoms with Crippen LogP contribution in [0.3, 0.4) is 0 Å². The summed E-state index contributed by atoms with van der Waals surface area (Å²) < 4.78 is 0.972. The molecule has 2 aromatic carbocycles. The number of hydrogen-bond acceptors (Lipinski definition) is 1. The van der Waals surface area contributed by atoms with Crippen molar-refractivity contribution in [3.8, 4) is 11.1 Å². The first-order valence-corrected chi connectivity index (χ1v) is 5.98. The number of aryl methyl sites for hydroxylation is 1. The third-order valence-electron chi connectivity index (χ3n) is 2.62. The molecule has 2 rings (SSSR count). The number of aromatic carboxylic acids is 1. The summed E-state index contributed by atoms with van der Waals surface area (Å²) >= 11 is 3.50. The molecular weight excluding hydrogens is 280 g/mol. The molecule has 0 atom stereocenters. The molecular formula is C14H11BrO2. The zero-order chi connectivity index (χ0) is 12.4. The molecule has 1 N–H and O–H groups in total. The predicted octanol–water partition coefficient (Wildman–Crippen LogP) is 4.12. The standard InChI is InChI=1S/C14H11BrO2/c1-9-4-2-7-12(15)13(9)10-5-3-6-11(8-10)14(16)17/h2-8H,1H3,(H,16,17). The Labute approximate surface area is 108 Å². The van der Waals surface area contributed by atoms with E-state index in [1.165, 1.54) is 0 Å². The van der Waals surface area contributed by atoms with E-state index in [1.807, 2.05) is 31.2 Å². The highest BCUT2D eigenvalue weighted by Crippen LogP contribution is 2.31. The first kappa shape index (κ1) is 11.9. The molecule has 3 heteroatoms. The van der Waals surface area contributed by atoms with E-state index in [2.05, 4.69) is 15.9 Å². The number of rotatable bonds is 2. The lowest BCUT2D eigenvalue weighted by Gasteiger charge is -2.09. The van der Waals surface area contributed by atoms with Crippen LogP contribution in [-0.4, -0.2) is 11.1 Å². The van der Waals surface area contributed by atoms with E-state index in [-0.39, 0.29) is 0 Å². The summed E-state index contributed by atoms with van der Waals surface area (Å²) in [4.78, 5) is 10.9. The fraction of sp³-hybridized carbons (Fsp3) is 0.0714. The molecule has 0 aliphatic rings. The summed E-state index contributed by atoms with van der Waals surface area (Å²) in [5.74, 6) is -0.906. The molecule has 0 aromatic heterocycles. The van der Waals surface area contributed by atoms with Crippen LogP contribution in [0.25, 0.3) is 11.1 Å². The molecule has 17 heavy (non-hydrogen) atoms. The number of benzene rings is 2. The van der Waals surface area contributed by atoms with Crippen molar-refractivity contribution in [3.05, 3.63) is 58.1 Å². The fourth-order valence-corrected chi connectivity index (χ4v) is 2.50. The van der Waals surface area contributed by atoms with E-state index in [9.17, 15) is 4.79 Å². The quantitative estimate of drug-likeness (QED) is 0.903. The number of halogens is 1. The first-order chi connectivity index (χ1) is 8.09. The largest absolute Gasteiger partial charge is 0.478 e. The lowest BCUT2D eigenvalue weighted by atomic mass is 9.99. The number of carbonyl (C=O) groups is 1. The summed E-state index contributed by atoms with van der Waals surface area (Å²) in [5.41, 5.74) is 3.37. The van der Waals surface area contributed by atoms with E-state index in [0.717, 1.165) is 21.2 Å². The van der Waals surface area contributed by atoms with Gasteiger partial charge < -0.3 is 5.11 Å². The molecule has 2 nitrogen and oxygen atoms in total.